The van der Waals surface area contributed by atoms with E-state index >= 15 is 0 Å². The van der Waals surface area contributed by atoms with Crippen LogP contribution in [0.15, 0.2) is 6.07 Å². The molecule has 4 nitrogen and oxygen atoms in total. The van der Waals surface area contributed by atoms with Gasteiger partial charge in [-0.15, -0.1) is 0 Å². The van der Waals surface area contributed by atoms with Crippen LogP contribution in [0.5, 0.6) is 0 Å². The fraction of sp³-hybridized carbons (Fsp3) is 0.667. The molecule has 90 valence electrons. The number of hydrogen-bond donors (Lipinski definition) is 1. The topological polar surface area (TPSA) is 46.9 Å². The van der Waals surface area contributed by atoms with Crippen LogP contribution in [-0.2, 0) is 6.54 Å². The standard InChI is InChI=1S/C12H21N3O/c1-5-15-11(8-10(4)14-15)12(16)13-7-6-9(2)3/h8-9H,5-7H2,1-4H3,(H,13,16). The van der Waals surface area contributed by atoms with Gasteiger partial charge in [0.1, 0.15) is 5.69 Å². The highest BCUT2D eigenvalue weighted by Gasteiger charge is 2.12. The van der Waals surface area contributed by atoms with Crippen LogP contribution >= 0.6 is 0 Å². The van der Waals surface area contributed by atoms with Gasteiger partial charge >= 0.3 is 0 Å². The number of carbonyl (C=O) groups is 1. The van der Waals surface area contributed by atoms with Crippen LogP contribution in [0.25, 0.3) is 0 Å². The number of nitrogens with one attached hydrogen (secondary N) is 1. The van der Waals surface area contributed by atoms with Crippen molar-refractivity contribution in [1.29, 1.82) is 0 Å². The molecule has 1 N–H and O–H groups in total. The lowest BCUT2D eigenvalue weighted by atomic mass is 10.1. The minimum absolute atomic E-state index is 0.0249. The first-order chi connectivity index (χ1) is 7.54. The Balaban J connectivity index is 2.58. The van der Waals surface area contributed by atoms with Crippen LogP contribution < -0.4 is 5.32 Å². The van der Waals surface area contributed by atoms with Crippen LogP contribution in [0, 0.1) is 12.8 Å². The Bertz CT molecular complexity index is 355. The number of amides is 1. The molecule has 0 aliphatic heterocycles. The van der Waals surface area contributed by atoms with Gasteiger partial charge in [0.2, 0.25) is 0 Å². The van der Waals surface area contributed by atoms with Crippen molar-refractivity contribution in [2.75, 3.05) is 6.54 Å². The van der Waals surface area contributed by atoms with E-state index in [1.165, 1.54) is 0 Å². The molecule has 0 aromatic carbocycles. The number of aryl methyl sites for hydroxylation is 2. The Morgan fingerprint density at radius 3 is 2.81 bits per heavy atom. The zero-order valence-corrected chi connectivity index (χ0v) is 10.6. The van der Waals surface area contributed by atoms with Crippen molar-refractivity contribution in [3.8, 4) is 0 Å². The first-order valence-corrected chi connectivity index (χ1v) is 5.87. The van der Waals surface area contributed by atoms with E-state index in [1.54, 1.807) is 4.68 Å². The van der Waals surface area contributed by atoms with E-state index < -0.39 is 0 Å². The maximum atomic E-state index is 11.8. The molecule has 0 aliphatic carbocycles. The molecule has 0 saturated carbocycles. The van der Waals surface area contributed by atoms with Crippen molar-refractivity contribution >= 4 is 5.91 Å². The molecule has 0 aliphatic rings. The highest BCUT2D eigenvalue weighted by atomic mass is 16.2. The summed E-state index contributed by atoms with van der Waals surface area (Å²) in [6, 6.07) is 1.83. The number of carbonyl (C=O) groups excluding carboxylic acids is 1. The van der Waals surface area contributed by atoms with Crippen LogP contribution in [0.1, 0.15) is 43.4 Å². The molecule has 0 fully saturated rings. The first-order valence-electron chi connectivity index (χ1n) is 5.87. The van der Waals surface area contributed by atoms with Gasteiger partial charge < -0.3 is 5.32 Å². The van der Waals surface area contributed by atoms with Crippen molar-refractivity contribution in [2.45, 2.75) is 40.7 Å². The zero-order valence-electron chi connectivity index (χ0n) is 10.6. The molecular formula is C12H21N3O. The van der Waals surface area contributed by atoms with Gasteiger partial charge in [0.15, 0.2) is 0 Å². The Morgan fingerprint density at radius 2 is 2.25 bits per heavy atom. The summed E-state index contributed by atoms with van der Waals surface area (Å²) >= 11 is 0. The molecule has 1 aromatic heterocycles. The first kappa shape index (κ1) is 12.7. The lowest BCUT2D eigenvalue weighted by Crippen LogP contribution is -2.27. The minimum atomic E-state index is -0.0249. The van der Waals surface area contributed by atoms with Gasteiger partial charge in [-0.05, 0) is 32.3 Å². The molecule has 0 atom stereocenters. The number of aromatic nitrogens is 2. The number of rotatable bonds is 5. The van der Waals surface area contributed by atoms with E-state index in [-0.39, 0.29) is 5.91 Å². The summed E-state index contributed by atoms with van der Waals surface area (Å²) in [5.74, 6) is 0.584. The van der Waals surface area contributed by atoms with E-state index in [1.807, 2.05) is 19.9 Å². The Labute approximate surface area is 97.0 Å². The second-order valence-corrected chi connectivity index (χ2v) is 4.43. The third-order valence-electron chi connectivity index (χ3n) is 2.44. The van der Waals surface area contributed by atoms with E-state index in [4.69, 9.17) is 0 Å². The largest absolute Gasteiger partial charge is 0.351 e. The van der Waals surface area contributed by atoms with E-state index in [9.17, 15) is 4.79 Å². The van der Waals surface area contributed by atoms with E-state index in [0.717, 1.165) is 25.2 Å². The summed E-state index contributed by atoms with van der Waals surface area (Å²) in [4.78, 5) is 11.8. The van der Waals surface area contributed by atoms with Gasteiger partial charge in [-0.2, -0.15) is 5.10 Å². The third kappa shape index (κ3) is 3.36. The molecule has 1 heterocycles. The molecule has 0 bridgehead atoms. The van der Waals surface area contributed by atoms with Crippen molar-refractivity contribution in [1.82, 2.24) is 15.1 Å². The Kier molecular flexibility index (Phi) is 4.52. The van der Waals surface area contributed by atoms with Gasteiger partial charge in [-0.3, -0.25) is 9.48 Å². The Morgan fingerprint density at radius 1 is 1.56 bits per heavy atom. The van der Waals surface area contributed by atoms with Crippen molar-refractivity contribution < 1.29 is 4.79 Å². The van der Waals surface area contributed by atoms with Gasteiger partial charge in [-0.25, -0.2) is 0 Å². The van der Waals surface area contributed by atoms with Crippen LogP contribution in [-0.4, -0.2) is 22.2 Å². The second-order valence-electron chi connectivity index (χ2n) is 4.43. The van der Waals surface area contributed by atoms with Gasteiger partial charge in [0.05, 0.1) is 5.69 Å². The normalized spacial score (nSPS) is 10.8. The summed E-state index contributed by atoms with van der Waals surface area (Å²) < 4.78 is 1.74. The average Bonchev–Trinajstić information content (AvgIpc) is 2.59. The van der Waals surface area contributed by atoms with E-state index in [0.29, 0.717) is 11.6 Å². The highest BCUT2D eigenvalue weighted by Crippen LogP contribution is 2.04. The molecule has 1 amide bonds. The maximum absolute atomic E-state index is 11.8. The van der Waals surface area contributed by atoms with Crippen LogP contribution in [0.4, 0.5) is 0 Å². The predicted octanol–water partition coefficient (Wildman–Crippen LogP) is 1.99. The SMILES string of the molecule is CCn1nc(C)cc1C(=O)NCCC(C)C. The molecule has 1 aromatic rings. The molecule has 0 saturated heterocycles. The molecule has 16 heavy (non-hydrogen) atoms. The zero-order chi connectivity index (χ0) is 12.1. The quantitative estimate of drug-likeness (QED) is 0.829. The Hall–Kier alpha value is -1.32. The molecule has 4 heteroatoms. The summed E-state index contributed by atoms with van der Waals surface area (Å²) in [5.41, 5.74) is 1.54. The molecule has 1 rings (SSSR count). The van der Waals surface area contributed by atoms with Crippen LogP contribution in [0.3, 0.4) is 0 Å². The van der Waals surface area contributed by atoms with Crippen molar-refractivity contribution in [3.63, 3.8) is 0 Å². The predicted molar refractivity (Wildman–Crippen MR) is 64.4 cm³/mol. The van der Waals surface area contributed by atoms with Gasteiger partial charge in [0.25, 0.3) is 5.91 Å². The van der Waals surface area contributed by atoms with Crippen LogP contribution in [0.2, 0.25) is 0 Å². The summed E-state index contributed by atoms with van der Waals surface area (Å²) in [6.45, 7) is 9.62. The summed E-state index contributed by atoms with van der Waals surface area (Å²) in [5, 5.41) is 7.17. The number of hydrogen-bond acceptors (Lipinski definition) is 2. The number of nitrogens with zero attached hydrogens (tertiary/aromatic N) is 2. The summed E-state index contributed by atoms with van der Waals surface area (Å²) in [7, 11) is 0. The average molecular weight is 223 g/mol. The highest BCUT2D eigenvalue weighted by molar-refractivity contribution is 5.92. The lowest BCUT2D eigenvalue weighted by molar-refractivity contribution is 0.0941. The van der Waals surface area contributed by atoms with Crippen molar-refractivity contribution in [3.05, 3.63) is 17.5 Å². The fourth-order valence-corrected chi connectivity index (χ4v) is 1.53. The molecule has 0 unspecified atom stereocenters. The third-order valence-corrected chi connectivity index (χ3v) is 2.44. The maximum Gasteiger partial charge on any atom is 0.269 e. The lowest BCUT2D eigenvalue weighted by Gasteiger charge is -2.07. The molecular weight excluding hydrogens is 202 g/mol. The second kappa shape index (κ2) is 5.68. The molecule has 0 radical (unpaired) electrons. The van der Waals surface area contributed by atoms with E-state index in [2.05, 4.69) is 24.3 Å². The van der Waals surface area contributed by atoms with Gasteiger partial charge in [-0.1, -0.05) is 13.8 Å². The summed E-state index contributed by atoms with van der Waals surface area (Å²) in [6.07, 6.45) is 1.00. The minimum Gasteiger partial charge on any atom is -0.351 e. The molecule has 0 spiro atoms. The fourth-order valence-electron chi connectivity index (χ4n) is 1.53. The van der Waals surface area contributed by atoms with Gasteiger partial charge in [0, 0.05) is 13.1 Å². The monoisotopic (exact) mass is 223 g/mol. The smallest absolute Gasteiger partial charge is 0.269 e. The van der Waals surface area contributed by atoms with Crippen molar-refractivity contribution in [2.24, 2.45) is 5.92 Å².